The van der Waals surface area contributed by atoms with Crippen molar-refractivity contribution in [3.8, 4) is 11.5 Å². The van der Waals surface area contributed by atoms with E-state index in [1.807, 2.05) is 5.32 Å². The monoisotopic (exact) mass is 462 g/mol. The Morgan fingerprint density at radius 3 is 2.28 bits per heavy atom. The van der Waals surface area contributed by atoms with Crippen LogP contribution in [0.15, 0.2) is 65.7 Å². The Morgan fingerprint density at radius 2 is 1.66 bits per heavy atom. The van der Waals surface area contributed by atoms with Crippen LogP contribution in [-0.4, -0.2) is 32.4 Å². The maximum absolute atomic E-state index is 14.4. The number of halogens is 2. The lowest BCUT2D eigenvalue weighted by Gasteiger charge is -2.12. The Bertz CT molecular complexity index is 1250. The molecule has 0 aliphatic heterocycles. The molecule has 1 aromatic heterocycles. The van der Waals surface area contributed by atoms with Crippen LogP contribution in [-0.2, 0) is 10.0 Å². The van der Waals surface area contributed by atoms with Gasteiger partial charge in [0.25, 0.3) is 15.9 Å². The number of nitrogens with one attached hydrogen (secondary N) is 3. The molecule has 0 spiro atoms. The van der Waals surface area contributed by atoms with Gasteiger partial charge >= 0.3 is 6.03 Å². The van der Waals surface area contributed by atoms with E-state index in [2.05, 4.69) is 10.3 Å². The van der Waals surface area contributed by atoms with Crippen molar-refractivity contribution in [3.05, 3.63) is 78.1 Å². The maximum atomic E-state index is 14.4. The van der Waals surface area contributed by atoms with Gasteiger partial charge in [0.2, 0.25) is 0 Å². The summed E-state index contributed by atoms with van der Waals surface area (Å²) in [7, 11) is -2.78. The van der Waals surface area contributed by atoms with Gasteiger partial charge < -0.3 is 15.4 Å². The van der Waals surface area contributed by atoms with Gasteiger partial charge in [-0.05, 0) is 18.2 Å². The summed E-state index contributed by atoms with van der Waals surface area (Å²) in [5.41, 5.74) is -0.380. The molecule has 0 radical (unpaired) electrons. The number of anilines is 1. The minimum absolute atomic E-state index is 0.0274. The number of sulfonamides is 1. The van der Waals surface area contributed by atoms with Crippen LogP contribution >= 0.6 is 0 Å². The van der Waals surface area contributed by atoms with E-state index in [9.17, 15) is 26.8 Å². The summed E-state index contributed by atoms with van der Waals surface area (Å²) in [6.07, 6.45) is 1.23. The first-order chi connectivity index (χ1) is 15.2. The molecule has 32 heavy (non-hydrogen) atoms. The van der Waals surface area contributed by atoms with Crippen molar-refractivity contribution in [2.24, 2.45) is 0 Å². The predicted octanol–water partition coefficient (Wildman–Crippen LogP) is 3.02. The first-order valence-electron chi connectivity index (χ1n) is 8.93. The fourth-order valence-corrected chi connectivity index (χ4v) is 3.44. The highest BCUT2D eigenvalue weighted by molar-refractivity contribution is 7.90. The molecule has 0 aliphatic carbocycles. The molecular formula is C20H16F2N4O5S. The molecule has 0 atom stereocenters. The van der Waals surface area contributed by atoms with Crippen LogP contribution in [0.5, 0.6) is 11.5 Å². The average molecular weight is 462 g/mol. The molecule has 3 N–H and O–H groups in total. The number of hydrogen-bond donors (Lipinski definition) is 3. The van der Waals surface area contributed by atoms with E-state index in [4.69, 9.17) is 4.74 Å². The number of nitrogens with zero attached hydrogens (tertiary/aromatic N) is 1. The zero-order valence-electron chi connectivity index (χ0n) is 16.4. The Morgan fingerprint density at radius 1 is 1.00 bits per heavy atom. The summed E-state index contributed by atoms with van der Waals surface area (Å²) in [6, 6.07) is 9.83. The van der Waals surface area contributed by atoms with Crippen molar-refractivity contribution in [1.82, 2.24) is 15.0 Å². The number of aromatic nitrogens is 1. The number of amides is 3. The van der Waals surface area contributed by atoms with Gasteiger partial charge in [0, 0.05) is 37.1 Å². The molecular weight excluding hydrogens is 446 g/mol. The quantitative estimate of drug-likeness (QED) is 0.517. The van der Waals surface area contributed by atoms with E-state index in [1.54, 1.807) is 10.8 Å². The lowest BCUT2D eigenvalue weighted by Crippen LogP contribution is -2.34. The molecule has 3 rings (SSSR count). The lowest BCUT2D eigenvalue weighted by molar-refractivity contribution is 0.0957. The second kappa shape index (κ2) is 9.39. The third kappa shape index (κ3) is 5.35. The molecule has 12 heteroatoms. The second-order valence-corrected chi connectivity index (χ2v) is 7.88. The smallest absolute Gasteiger partial charge is 0.333 e. The first kappa shape index (κ1) is 22.6. The van der Waals surface area contributed by atoms with Crippen molar-refractivity contribution in [2.75, 3.05) is 12.4 Å². The zero-order valence-corrected chi connectivity index (χ0v) is 17.2. The largest absolute Gasteiger partial charge is 0.451 e. The van der Waals surface area contributed by atoms with Crippen LogP contribution in [0.4, 0.5) is 19.3 Å². The molecule has 0 unspecified atom stereocenters. The molecule has 0 bridgehead atoms. The Balaban J connectivity index is 1.75. The van der Waals surface area contributed by atoms with Crippen molar-refractivity contribution < 1.29 is 31.5 Å². The summed E-state index contributed by atoms with van der Waals surface area (Å²) in [6.45, 7) is 0. The zero-order chi connectivity index (χ0) is 23.3. The van der Waals surface area contributed by atoms with E-state index in [0.717, 1.165) is 12.1 Å². The second-order valence-electron chi connectivity index (χ2n) is 6.20. The van der Waals surface area contributed by atoms with E-state index >= 15 is 0 Å². The molecule has 3 aromatic rings. The third-order valence-electron chi connectivity index (χ3n) is 3.95. The number of hydrogen-bond acceptors (Lipinski definition) is 6. The molecule has 9 nitrogen and oxygen atoms in total. The van der Waals surface area contributed by atoms with Gasteiger partial charge in [0.1, 0.15) is 11.4 Å². The summed E-state index contributed by atoms with van der Waals surface area (Å²) in [5, 5.41) is 4.40. The number of rotatable bonds is 6. The normalized spacial score (nSPS) is 10.8. The topological polar surface area (TPSA) is 126 Å². The SMILES string of the molecule is CNC(=O)c1cc(Oc2c(F)cc(NC(=O)NS(=O)(=O)c3ccccc3)cc2F)ccn1. The molecule has 166 valence electrons. The van der Waals surface area contributed by atoms with Crippen LogP contribution < -0.4 is 20.1 Å². The van der Waals surface area contributed by atoms with E-state index in [-0.39, 0.29) is 22.0 Å². The summed E-state index contributed by atoms with van der Waals surface area (Å²) < 4.78 is 60.1. The fraction of sp³-hybridized carbons (Fsp3) is 0.0500. The van der Waals surface area contributed by atoms with Crippen molar-refractivity contribution in [1.29, 1.82) is 0 Å². The number of carbonyl (C=O) groups is 2. The van der Waals surface area contributed by atoms with Crippen LogP contribution in [0.1, 0.15) is 10.5 Å². The number of urea groups is 1. The minimum Gasteiger partial charge on any atom is -0.451 e. The average Bonchev–Trinajstić information content (AvgIpc) is 2.76. The van der Waals surface area contributed by atoms with Crippen LogP contribution in [0, 0.1) is 11.6 Å². The molecule has 0 aliphatic rings. The van der Waals surface area contributed by atoms with Gasteiger partial charge in [-0.1, -0.05) is 18.2 Å². The van der Waals surface area contributed by atoms with Gasteiger partial charge in [-0.3, -0.25) is 9.78 Å². The van der Waals surface area contributed by atoms with Crippen LogP contribution in [0.25, 0.3) is 0 Å². The van der Waals surface area contributed by atoms with Gasteiger partial charge in [0.15, 0.2) is 17.4 Å². The minimum atomic E-state index is -4.17. The Hall–Kier alpha value is -4.06. The summed E-state index contributed by atoms with van der Waals surface area (Å²) in [5.74, 6) is -3.72. The summed E-state index contributed by atoms with van der Waals surface area (Å²) in [4.78, 5) is 27.3. The molecule has 0 fully saturated rings. The molecule has 3 amide bonds. The highest BCUT2D eigenvalue weighted by Crippen LogP contribution is 2.30. The van der Waals surface area contributed by atoms with Gasteiger partial charge in [0.05, 0.1) is 4.90 Å². The predicted molar refractivity (Wildman–Crippen MR) is 110 cm³/mol. The fourth-order valence-electron chi connectivity index (χ4n) is 2.51. The lowest BCUT2D eigenvalue weighted by atomic mass is 10.2. The Kier molecular flexibility index (Phi) is 6.64. The van der Waals surface area contributed by atoms with Crippen molar-refractivity contribution in [2.45, 2.75) is 4.90 Å². The van der Waals surface area contributed by atoms with Crippen LogP contribution in [0.2, 0.25) is 0 Å². The van der Waals surface area contributed by atoms with Gasteiger partial charge in [-0.25, -0.2) is 26.7 Å². The van der Waals surface area contributed by atoms with Gasteiger partial charge in [-0.2, -0.15) is 0 Å². The number of carbonyl (C=O) groups excluding carboxylic acids is 2. The number of pyridine rings is 1. The van der Waals surface area contributed by atoms with E-state index in [0.29, 0.717) is 0 Å². The van der Waals surface area contributed by atoms with Gasteiger partial charge in [-0.15, -0.1) is 0 Å². The Labute approximate surface area is 181 Å². The van der Waals surface area contributed by atoms with E-state index < -0.39 is 39.3 Å². The maximum Gasteiger partial charge on any atom is 0.333 e. The highest BCUT2D eigenvalue weighted by Gasteiger charge is 2.19. The molecule has 0 saturated heterocycles. The first-order valence-corrected chi connectivity index (χ1v) is 10.4. The molecule has 0 saturated carbocycles. The summed E-state index contributed by atoms with van der Waals surface area (Å²) >= 11 is 0. The van der Waals surface area contributed by atoms with E-state index in [1.165, 1.54) is 49.6 Å². The number of ether oxygens (including phenoxy) is 1. The standard InChI is InChI=1S/C20H16F2N4O5S/c1-23-19(27)17-11-13(7-8-24-17)31-18-15(21)9-12(10-16(18)22)25-20(28)26-32(29,30)14-5-3-2-4-6-14/h2-11H,1H3,(H,23,27)(H2,25,26,28). The van der Waals surface area contributed by atoms with Crippen molar-refractivity contribution >= 4 is 27.6 Å². The molecule has 1 heterocycles. The number of benzene rings is 2. The molecule has 2 aromatic carbocycles. The highest BCUT2D eigenvalue weighted by atomic mass is 32.2. The van der Waals surface area contributed by atoms with Crippen molar-refractivity contribution in [3.63, 3.8) is 0 Å². The third-order valence-corrected chi connectivity index (χ3v) is 5.29. The van der Waals surface area contributed by atoms with Crippen LogP contribution in [0.3, 0.4) is 0 Å².